The third kappa shape index (κ3) is 5.33. The average molecular weight is 397 g/mol. The number of rotatable bonds is 5. The largest absolute Gasteiger partial charge is 0.342 e. The second-order valence-electron chi connectivity index (χ2n) is 6.01. The number of hydrogen-bond acceptors (Lipinski definition) is 6. The third-order valence-corrected chi connectivity index (χ3v) is 6.27. The van der Waals surface area contributed by atoms with Crippen molar-refractivity contribution in [3.8, 4) is 0 Å². The zero-order valence-electron chi connectivity index (χ0n) is 14.1. The number of halogens is 1. The summed E-state index contributed by atoms with van der Waals surface area (Å²) < 4.78 is 0.792. The Kier molecular flexibility index (Phi) is 6.56. The van der Waals surface area contributed by atoms with Crippen LogP contribution in [0.25, 0.3) is 0 Å². The van der Waals surface area contributed by atoms with Crippen molar-refractivity contribution >= 4 is 51.4 Å². The van der Waals surface area contributed by atoms with Crippen molar-refractivity contribution in [2.75, 3.05) is 18.4 Å². The van der Waals surface area contributed by atoms with Crippen LogP contribution in [0.3, 0.4) is 0 Å². The number of carbonyl (C=O) groups excluding carboxylic acids is 1. The first-order valence-corrected chi connectivity index (χ1v) is 10.5. The third-order valence-electron chi connectivity index (χ3n) is 4.03. The molecule has 0 spiro atoms. The lowest BCUT2D eigenvalue weighted by atomic mass is 10.2. The smallest absolute Gasteiger partial charge is 0.235 e. The summed E-state index contributed by atoms with van der Waals surface area (Å²) in [5, 5.41) is 12.7. The number of amides is 1. The van der Waals surface area contributed by atoms with Crippen LogP contribution in [-0.4, -0.2) is 39.3 Å². The molecule has 1 saturated heterocycles. The van der Waals surface area contributed by atoms with Crippen molar-refractivity contribution < 1.29 is 4.79 Å². The summed E-state index contributed by atoms with van der Waals surface area (Å²) >= 11 is 8.91. The van der Waals surface area contributed by atoms with Crippen LogP contribution in [0.2, 0.25) is 5.02 Å². The average Bonchev–Trinajstić information content (AvgIpc) is 2.85. The van der Waals surface area contributed by atoms with Crippen molar-refractivity contribution in [1.82, 2.24) is 15.1 Å². The van der Waals surface area contributed by atoms with Gasteiger partial charge in [-0.15, -0.1) is 10.2 Å². The van der Waals surface area contributed by atoms with E-state index in [-0.39, 0.29) is 11.2 Å². The summed E-state index contributed by atoms with van der Waals surface area (Å²) in [5.74, 6) is 0.200. The number of anilines is 2. The van der Waals surface area contributed by atoms with E-state index >= 15 is 0 Å². The number of likely N-dealkylation sites (tertiary alicyclic amines) is 1. The van der Waals surface area contributed by atoms with Gasteiger partial charge in [0.15, 0.2) is 4.34 Å². The zero-order chi connectivity index (χ0) is 17.6. The lowest BCUT2D eigenvalue weighted by Gasteiger charge is -2.23. The molecule has 25 heavy (non-hydrogen) atoms. The molecule has 1 aromatic heterocycles. The van der Waals surface area contributed by atoms with Gasteiger partial charge in [-0.3, -0.25) is 4.79 Å². The number of aromatic nitrogens is 2. The molecule has 2 heterocycles. The summed E-state index contributed by atoms with van der Waals surface area (Å²) in [5.41, 5.74) is 0.869. The highest BCUT2D eigenvalue weighted by Crippen LogP contribution is 2.31. The Labute approximate surface area is 161 Å². The van der Waals surface area contributed by atoms with Crippen LogP contribution in [0.1, 0.15) is 32.6 Å². The minimum Gasteiger partial charge on any atom is -0.342 e. The van der Waals surface area contributed by atoms with Crippen molar-refractivity contribution in [3.05, 3.63) is 29.3 Å². The molecule has 5 nitrogen and oxygen atoms in total. The highest BCUT2D eigenvalue weighted by Gasteiger charge is 2.23. The minimum atomic E-state index is -0.148. The summed E-state index contributed by atoms with van der Waals surface area (Å²) in [4.78, 5) is 14.6. The summed E-state index contributed by atoms with van der Waals surface area (Å²) in [7, 11) is 0. The molecule has 1 aliphatic rings. The molecule has 0 unspecified atom stereocenters. The monoisotopic (exact) mass is 396 g/mol. The molecule has 2 aromatic rings. The molecule has 0 bridgehead atoms. The van der Waals surface area contributed by atoms with Crippen LogP contribution in [0.4, 0.5) is 10.8 Å². The normalized spacial score (nSPS) is 16.3. The number of nitrogens with one attached hydrogen (secondary N) is 1. The SMILES string of the molecule is C[C@@H](Sc1nnc(Nc2cccc(Cl)c2)s1)C(=O)N1CCCCCC1. The van der Waals surface area contributed by atoms with Gasteiger partial charge in [-0.25, -0.2) is 0 Å². The Hall–Kier alpha value is -1.31. The van der Waals surface area contributed by atoms with E-state index < -0.39 is 0 Å². The summed E-state index contributed by atoms with van der Waals surface area (Å²) in [6, 6.07) is 7.46. The van der Waals surface area contributed by atoms with Gasteiger partial charge in [0.2, 0.25) is 11.0 Å². The van der Waals surface area contributed by atoms with Gasteiger partial charge in [0.1, 0.15) is 0 Å². The van der Waals surface area contributed by atoms with E-state index in [0.29, 0.717) is 10.2 Å². The van der Waals surface area contributed by atoms with Gasteiger partial charge >= 0.3 is 0 Å². The molecule has 0 radical (unpaired) electrons. The second-order valence-corrected chi connectivity index (χ2v) is 9.01. The molecule has 1 aliphatic heterocycles. The predicted molar refractivity (Wildman–Crippen MR) is 105 cm³/mol. The maximum Gasteiger partial charge on any atom is 0.235 e. The summed E-state index contributed by atoms with van der Waals surface area (Å²) in [6.07, 6.45) is 4.66. The molecular formula is C17H21ClN4OS2. The van der Waals surface area contributed by atoms with Gasteiger partial charge in [-0.1, -0.05) is 53.6 Å². The van der Waals surface area contributed by atoms with Crippen molar-refractivity contribution in [1.29, 1.82) is 0 Å². The van der Waals surface area contributed by atoms with Gasteiger partial charge in [0.25, 0.3) is 0 Å². The minimum absolute atomic E-state index is 0.148. The molecular weight excluding hydrogens is 376 g/mol. The number of nitrogens with zero attached hydrogens (tertiary/aromatic N) is 3. The first-order chi connectivity index (χ1) is 12.1. The van der Waals surface area contributed by atoms with Crippen LogP contribution >= 0.6 is 34.7 Å². The maximum absolute atomic E-state index is 12.6. The predicted octanol–water partition coefficient (Wildman–Crippen LogP) is 4.82. The quantitative estimate of drug-likeness (QED) is 0.734. The number of thioether (sulfide) groups is 1. The van der Waals surface area contributed by atoms with Gasteiger partial charge in [-0.2, -0.15) is 0 Å². The van der Waals surface area contributed by atoms with E-state index in [4.69, 9.17) is 11.6 Å². The Morgan fingerprint density at radius 2 is 2.04 bits per heavy atom. The topological polar surface area (TPSA) is 58.1 Å². The van der Waals surface area contributed by atoms with Crippen LogP contribution in [0.5, 0.6) is 0 Å². The molecule has 8 heteroatoms. The van der Waals surface area contributed by atoms with Crippen molar-refractivity contribution in [3.63, 3.8) is 0 Å². The fourth-order valence-corrected chi connectivity index (χ4v) is 4.94. The Morgan fingerprint density at radius 3 is 2.76 bits per heavy atom. The lowest BCUT2D eigenvalue weighted by molar-refractivity contribution is -0.130. The maximum atomic E-state index is 12.6. The molecule has 0 aliphatic carbocycles. The first kappa shape index (κ1) is 18.5. The fraction of sp³-hybridized carbons (Fsp3) is 0.471. The van der Waals surface area contributed by atoms with E-state index in [1.54, 1.807) is 0 Å². The van der Waals surface area contributed by atoms with Crippen LogP contribution in [-0.2, 0) is 4.79 Å². The van der Waals surface area contributed by atoms with Crippen LogP contribution in [0, 0.1) is 0 Å². The first-order valence-electron chi connectivity index (χ1n) is 8.43. The second kappa shape index (κ2) is 8.87. The van der Waals surface area contributed by atoms with Gasteiger partial charge in [-0.05, 0) is 38.0 Å². The molecule has 3 rings (SSSR count). The zero-order valence-corrected chi connectivity index (χ0v) is 16.5. The molecule has 1 amide bonds. The molecule has 134 valence electrons. The highest BCUT2D eigenvalue weighted by atomic mass is 35.5. The Balaban J connectivity index is 1.57. The van der Waals surface area contributed by atoms with Gasteiger partial charge in [0, 0.05) is 23.8 Å². The van der Waals surface area contributed by atoms with Gasteiger partial charge < -0.3 is 10.2 Å². The van der Waals surface area contributed by atoms with Crippen molar-refractivity contribution in [2.24, 2.45) is 0 Å². The fourth-order valence-electron chi connectivity index (χ4n) is 2.75. The molecule has 0 saturated carbocycles. The highest BCUT2D eigenvalue weighted by molar-refractivity contribution is 8.02. The van der Waals surface area contributed by atoms with E-state index in [2.05, 4.69) is 15.5 Å². The van der Waals surface area contributed by atoms with Crippen LogP contribution in [0.15, 0.2) is 28.6 Å². The number of benzene rings is 1. The molecule has 1 aromatic carbocycles. The number of hydrogen-bond donors (Lipinski definition) is 1. The molecule has 1 atom stereocenters. The van der Waals surface area contributed by atoms with Crippen molar-refractivity contribution in [2.45, 2.75) is 42.2 Å². The van der Waals surface area contributed by atoms with E-state index in [1.807, 2.05) is 36.1 Å². The lowest BCUT2D eigenvalue weighted by Crippen LogP contribution is -2.37. The standard InChI is InChI=1S/C17H21ClN4OS2/c1-12(15(23)22-9-4-2-3-5-10-22)24-17-21-20-16(25-17)19-14-8-6-7-13(18)11-14/h6-8,11-12H,2-5,9-10H2,1H3,(H,19,20)/t12-/m1/s1. The van der Waals surface area contributed by atoms with E-state index in [9.17, 15) is 4.79 Å². The van der Waals surface area contributed by atoms with Crippen LogP contribution < -0.4 is 5.32 Å². The Bertz CT molecular complexity index is 716. The van der Waals surface area contributed by atoms with Gasteiger partial charge in [0.05, 0.1) is 5.25 Å². The molecule has 1 fully saturated rings. The van der Waals surface area contributed by atoms with E-state index in [1.165, 1.54) is 35.9 Å². The molecule has 1 N–H and O–H groups in total. The van der Waals surface area contributed by atoms with E-state index in [0.717, 1.165) is 36.0 Å². The Morgan fingerprint density at radius 1 is 1.28 bits per heavy atom. The number of carbonyl (C=O) groups is 1. The summed E-state index contributed by atoms with van der Waals surface area (Å²) in [6.45, 7) is 3.70.